The lowest BCUT2D eigenvalue weighted by molar-refractivity contribution is -0.896. The van der Waals surface area contributed by atoms with Crippen molar-refractivity contribution in [1.82, 2.24) is 9.88 Å². The van der Waals surface area contributed by atoms with Gasteiger partial charge >= 0.3 is 0 Å². The Morgan fingerprint density at radius 2 is 1.97 bits per heavy atom. The van der Waals surface area contributed by atoms with Crippen LogP contribution in [-0.4, -0.2) is 54.9 Å². The molecule has 3 rings (SSSR count). The van der Waals surface area contributed by atoms with Gasteiger partial charge in [0.25, 0.3) is 5.91 Å². The van der Waals surface area contributed by atoms with Crippen LogP contribution in [0.3, 0.4) is 0 Å². The minimum Gasteiger partial charge on any atom is -0.872 e. The zero-order valence-corrected chi connectivity index (χ0v) is 18.3. The maximum absolute atomic E-state index is 13.4. The summed E-state index contributed by atoms with van der Waals surface area (Å²) in [4.78, 5) is 33.0. The summed E-state index contributed by atoms with van der Waals surface area (Å²) in [5.74, 6) is -1.31. The molecule has 2 aromatic rings. The molecule has 1 N–H and O–H groups in total. The Labute approximate surface area is 183 Å². The standard InChI is InChI=1S/C24H29N3O4/c1-4-26(5-2)13-8-14-27-21(18-10-7-12-25-16-18)20(23(29)24(27)30)22(28)17-9-6-11-19(15-17)31-3/h6-7,9-12,15-16,21,28H,4-5,8,13-14H2,1-3H3/b22-20+. The zero-order chi connectivity index (χ0) is 22.4. The molecule has 1 aromatic heterocycles. The second-order valence-corrected chi connectivity index (χ2v) is 7.55. The summed E-state index contributed by atoms with van der Waals surface area (Å²) in [5.41, 5.74) is 0.948. The minimum absolute atomic E-state index is 0.0264. The second kappa shape index (κ2) is 10.2. The highest BCUT2D eigenvalue weighted by molar-refractivity contribution is 6.46. The number of Topliss-reactive ketones (excluding diaryl/α,β-unsaturated/α-hetero) is 1. The molecule has 2 heterocycles. The first-order valence-electron chi connectivity index (χ1n) is 10.7. The molecule has 0 bridgehead atoms. The molecule has 1 unspecified atom stereocenters. The molecule has 7 nitrogen and oxygen atoms in total. The van der Waals surface area contributed by atoms with Crippen molar-refractivity contribution >= 4 is 17.4 Å². The topological polar surface area (TPSA) is 87.0 Å². The molecule has 0 aliphatic carbocycles. The normalized spacial score (nSPS) is 18.1. The van der Waals surface area contributed by atoms with Gasteiger partial charge in [0, 0.05) is 30.9 Å². The lowest BCUT2D eigenvalue weighted by Crippen LogP contribution is -3.11. The Balaban J connectivity index is 2.01. The van der Waals surface area contributed by atoms with E-state index in [0.717, 1.165) is 26.1 Å². The SMILES string of the molecule is CC[NH+](CC)CCCN1C(=O)C(=O)/C(=C(/[O-])c2cccc(OC)c2)C1c1cccnc1. The van der Waals surface area contributed by atoms with Gasteiger partial charge in [-0.15, -0.1) is 0 Å². The summed E-state index contributed by atoms with van der Waals surface area (Å²) in [6, 6.07) is 9.43. The van der Waals surface area contributed by atoms with Gasteiger partial charge in [-0.25, -0.2) is 0 Å². The number of aromatic nitrogens is 1. The number of quaternary nitrogens is 1. The molecule has 0 saturated carbocycles. The van der Waals surface area contributed by atoms with E-state index in [1.807, 2.05) is 0 Å². The molecule has 1 amide bonds. The summed E-state index contributed by atoms with van der Waals surface area (Å²) in [7, 11) is 1.51. The van der Waals surface area contributed by atoms with Crippen LogP contribution in [-0.2, 0) is 9.59 Å². The predicted molar refractivity (Wildman–Crippen MR) is 115 cm³/mol. The number of carbonyl (C=O) groups is 2. The highest BCUT2D eigenvalue weighted by atomic mass is 16.5. The number of nitrogens with zero attached hydrogens (tertiary/aromatic N) is 2. The van der Waals surface area contributed by atoms with E-state index in [1.54, 1.807) is 48.8 Å². The van der Waals surface area contributed by atoms with Gasteiger partial charge in [-0.3, -0.25) is 14.6 Å². The van der Waals surface area contributed by atoms with Crippen molar-refractivity contribution in [1.29, 1.82) is 0 Å². The van der Waals surface area contributed by atoms with Gasteiger partial charge in [0.2, 0.25) is 5.78 Å². The largest absolute Gasteiger partial charge is 0.872 e. The Hall–Kier alpha value is -3.19. The van der Waals surface area contributed by atoms with Crippen molar-refractivity contribution in [3.63, 3.8) is 0 Å². The first-order chi connectivity index (χ1) is 15.0. The molecular weight excluding hydrogens is 394 g/mol. The number of pyridine rings is 1. The van der Waals surface area contributed by atoms with Crippen LogP contribution in [0.5, 0.6) is 5.75 Å². The highest BCUT2D eigenvalue weighted by Crippen LogP contribution is 2.38. The monoisotopic (exact) mass is 423 g/mol. The predicted octanol–water partition coefficient (Wildman–Crippen LogP) is 0.629. The first kappa shape index (κ1) is 22.5. The molecule has 1 aromatic carbocycles. The number of ketones is 1. The average Bonchev–Trinajstić information content (AvgIpc) is 3.07. The summed E-state index contributed by atoms with van der Waals surface area (Å²) in [6.07, 6.45) is 3.98. The van der Waals surface area contributed by atoms with Gasteiger partial charge in [0.1, 0.15) is 5.75 Å². The van der Waals surface area contributed by atoms with Crippen LogP contribution >= 0.6 is 0 Å². The van der Waals surface area contributed by atoms with Crippen molar-refractivity contribution in [3.05, 3.63) is 65.5 Å². The fourth-order valence-electron chi connectivity index (χ4n) is 4.01. The molecule has 164 valence electrons. The molecular formula is C24H29N3O4. The number of hydrogen-bond donors (Lipinski definition) is 1. The smallest absolute Gasteiger partial charge is 0.295 e. The van der Waals surface area contributed by atoms with Crippen LogP contribution < -0.4 is 14.7 Å². The summed E-state index contributed by atoms with van der Waals surface area (Å²) < 4.78 is 5.21. The van der Waals surface area contributed by atoms with E-state index in [2.05, 4.69) is 18.8 Å². The molecule has 1 fully saturated rings. The number of ether oxygens (including phenoxy) is 1. The van der Waals surface area contributed by atoms with Gasteiger partial charge in [-0.1, -0.05) is 24.0 Å². The van der Waals surface area contributed by atoms with Crippen LogP contribution in [0.2, 0.25) is 0 Å². The van der Waals surface area contributed by atoms with E-state index in [-0.39, 0.29) is 5.57 Å². The molecule has 1 aliphatic heterocycles. The lowest BCUT2D eigenvalue weighted by Gasteiger charge is -2.27. The molecule has 0 spiro atoms. The van der Waals surface area contributed by atoms with Crippen molar-refractivity contribution < 1.29 is 24.3 Å². The van der Waals surface area contributed by atoms with Crippen LogP contribution in [0.15, 0.2) is 54.4 Å². The number of nitrogens with one attached hydrogen (secondary N) is 1. The maximum Gasteiger partial charge on any atom is 0.295 e. The Bertz CT molecular complexity index is 954. The van der Waals surface area contributed by atoms with Gasteiger partial charge in [-0.05, 0) is 43.2 Å². The summed E-state index contributed by atoms with van der Waals surface area (Å²) >= 11 is 0. The Morgan fingerprint density at radius 3 is 2.61 bits per heavy atom. The summed E-state index contributed by atoms with van der Waals surface area (Å²) in [6.45, 7) is 7.55. The number of likely N-dealkylation sites (tertiary alicyclic amines) is 1. The number of benzene rings is 1. The second-order valence-electron chi connectivity index (χ2n) is 7.55. The molecule has 1 aliphatic rings. The van der Waals surface area contributed by atoms with Crippen molar-refractivity contribution in [2.75, 3.05) is 33.3 Å². The van der Waals surface area contributed by atoms with Crippen molar-refractivity contribution in [2.24, 2.45) is 0 Å². The molecule has 1 saturated heterocycles. The third-order valence-electron chi connectivity index (χ3n) is 5.79. The number of rotatable bonds is 9. The van der Waals surface area contributed by atoms with E-state index < -0.39 is 23.5 Å². The summed E-state index contributed by atoms with van der Waals surface area (Å²) in [5, 5.41) is 13.4. The Kier molecular flexibility index (Phi) is 7.41. The van der Waals surface area contributed by atoms with Crippen molar-refractivity contribution in [3.8, 4) is 5.75 Å². The van der Waals surface area contributed by atoms with Crippen LogP contribution in [0.1, 0.15) is 37.4 Å². The fourth-order valence-corrected chi connectivity index (χ4v) is 4.01. The number of hydrogen-bond acceptors (Lipinski definition) is 5. The molecule has 31 heavy (non-hydrogen) atoms. The minimum atomic E-state index is -0.739. The van der Waals surface area contributed by atoms with Gasteiger partial charge < -0.3 is 19.6 Å². The zero-order valence-electron chi connectivity index (χ0n) is 18.3. The van der Waals surface area contributed by atoms with E-state index >= 15 is 0 Å². The first-order valence-corrected chi connectivity index (χ1v) is 10.7. The fraction of sp³-hybridized carbons (Fsp3) is 0.375. The van der Waals surface area contributed by atoms with Gasteiger partial charge in [0.05, 0.1) is 32.8 Å². The van der Waals surface area contributed by atoms with E-state index in [4.69, 9.17) is 4.74 Å². The Morgan fingerprint density at radius 1 is 1.19 bits per heavy atom. The molecule has 0 radical (unpaired) electrons. The van der Waals surface area contributed by atoms with Crippen LogP contribution in [0.4, 0.5) is 0 Å². The van der Waals surface area contributed by atoms with Crippen molar-refractivity contribution in [2.45, 2.75) is 26.3 Å². The maximum atomic E-state index is 13.4. The number of carbonyl (C=O) groups excluding carboxylic acids is 2. The van der Waals surface area contributed by atoms with E-state index in [9.17, 15) is 14.7 Å². The highest BCUT2D eigenvalue weighted by Gasteiger charge is 2.44. The molecule has 1 atom stereocenters. The quantitative estimate of drug-likeness (QED) is 0.363. The number of amides is 1. The lowest BCUT2D eigenvalue weighted by atomic mass is 9.96. The van der Waals surface area contributed by atoms with Crippen LogP contribution in [0.25, 0.3) is 5.76 Å². The van der Waals surface area contributed by atoms with Gasteiger partial charge in [-0.2, -0.15) is 0 Å². The third-order valence-corrected chi connectivity index (χ3v) is 5.79. The third kappa shape index (κ3) is 4.77. The average molecular weight is 424 g/mol. The van der Waals surface area contributed by atoms with E-state index in [1.165, 1.54) is 16.9 Å². The van der Waals surface area contributed by atoms with Crippen LogP contribution in [0, 0.1) is 0 Å². The molecule has 7 heteroatoms. The van der Waals surface area contributed by atoms with Gasteiger partial charge in [0.15, 0.2) is 0 Å². The number of methoxy groups -OCH3 is 1. The van der Waals surface area contributed by atoms with E-state index in [0.29, 0.717) is 23.4 Å².